The van der Waals surface area contributed by atoms with E-state index in [1.807, 2.05) is 30.3 Å². The summed E-state index contributed by atoms with van der Waals surface area (Å²) in [7, 11) is 3.23. The van der Waals surface area contributed by atoms with Crippen LogP contribution in [0.5, 0.6) is 11.6 Å². The molecule has 2 aromatic carbocycles. The number of methoxy groups -OCH3 is 1. The van der Waals surface area contributed by atoms with Crippen molar-refractivity contribution in [3.05, 3.63) is 91.3 Å². The second-order valence-electron chi connectivity index (χ2n) is 7.17. The molecule has 0 aliphatic heterocycles. The number of aromatic hydroxyl groups is 1. The normalized spacial score (nSPS) is 11.2. The maximum Gasteiger partial charge on any atom is 0.297 e. The Balaban J connectivity index is 1.87. The van der Waals surface area contributed by atoms with Crippen LogP contribution < -0.4 is 15.9 Å². The Morgan fingerprint density at radius 3 is 2.45 bits per heavy atom. The number of aromatic nitrogens is 4. The SMILES string of the molecule is COc1ccccc1-n1c(O)c(C=Nc2c(C)n(C)n(-c3ccccc3)c2=O)c(=O)[nH]c1=S. The van der Waals surface area contributed by atoms with Crippen molar-refractivity contribution in [3.63, 3.8) is 0 Å². The molecule has 0 bridgehead atoms. The van der Waals surface area contributed by atoms with Gasteiger partial charge in [0.25, 0.3) is 11.1 Å². The number of nitrogens with zero attached hydrogens (tertiary/aromatic N) is 4. The van der Waals surface area contributed by atoms with Crippen LogP contribution in [-0.4, -0.2) is 37.3 Å². The topological polar surface area (TPSA) is 107 Å². The molecule has 0 unspecified atom stereocenters. The molecule has 0 saturated carbocycles. The summed E-state index contributed by atoms with van der Waals surface area (Å²) in [6, 6.07) is 16.0. The van der Waals surface area contributed by atoms with Crippen LogP contribution in [0.3, 0.4) is 0 Å². The monoisotopic (exact) mass is 463 g/mol. The largest absolute Gasteiger partial charge is 0.495 e. The van der Waals surface area contributed by atoms with Gasteiger partial charge in [0.15, 0.2) is 10.5 Å². The van der Waals surface area contributed by atoms with E-state index in [4.69, 9.17) is 17.0 Å². The van der Waals surface area contributed by atoms with Crippen LogP contribution in [0.25, 0.3) is 11.4 Å². The Morgan fingerprint density at radius 2 is 1.76 bits per heavy atom. The van der Waals surface area contributed by atoms with E-state index >= 15 is 0 Å². The summed E-state index contributed by atoms with van der Waals surface area (Å²) < 4.78 is 9.77. The van der Waals surface area contributed by atoms with Crippen molar-refractivity contribution in [1.82, 2.24) is 18.9 Å². The molecule has 0 amide bonds. The third kappa shape index (κ3) is 3.80. The standard InChI is InChI=1S/C23H21N5O4S/c1-14-19(22(31)28(26(14)2)15-9-5-4-6-10-15)24-13-16-20(29)25-23(33)27(21(16)30)17-11-7-8-12-18(17)32-3/h4-13,30H,1-3H3,(H,25,29,33). The first kappa shape index (κ1) is 22.0. The third-order valence-electron chi connectivity index (χ3n) is 5.29. The smallest absolute Gasteiger partial charge is 0.297 e. The Morgan fingerprint density at radius 1 is 1.09 bits per heavy atom. The number of ether oxygens (including phenoxy) is 1. The van der Waals surface area contributed by atoms with Crippen LogP contribution in [0.1, 0.15) is 11.3 Å². The number of hydrogen-bond acceptors (Lipinski definition) is 6. The Bertz CT molecular complexity index is 1540. The van der Waals surface area contributed by atoms with Crippen LogP contribution in [-0.2, 0) is 7.05 Å². The first-order chi connectivity index (χ1) is 15.8. The fourth-order valence-electron chi connectivity index (χ4n) is 3.52. The molecule has 4 aromatic rings. The summed E-state index contributed by atoms with van der Waals surface area (Å²) in [6.45, 7) is 1.75. The molecule has 0 aliphatic carbocycles. The molecule has 2 heterocycles. The molecular weight excluding hydrogens is 442 g/mol. The maximum atomic E-state index is 13.1. The van der Waals surface area contributed by atoms with Crippen molar-refractivity contribution in [3.8, 4) is 23.0 Å². The third-order valence-corrected chi connectivity index (χ3v) is 5.58. The number of benzene rings is 2. The van der Waals surface area contributed by atoms with Crippen molar-refractivity contribution in [1.29, 1.82) is 0 Å². The molecule has 2 N–H and O–H groups in total. The van der Waals surface area contributed by atoms with Gasteiger partial charge < -0.3 is 9.84 Å². The highest BCUT2D eigenvalue weighted by atomic mass is 32.1. The van der Waals surface area contributed by atoms with Gasteiger partial charge in [-0.1, -0.05) is 30.3 Å². The van der Waals surface area contributed by atoms with Gasteiger partial charge in [-0.3, -0.25) is 23.8 Å². The molecule has 0 atom stereocenters. The summed E-state index contributed by atoms with van der Waals surface area (Å²) in [5.41, 5.74) is 0.717. The molecule has 0 fully saturated rings. The number of para-hydroxylation sites is 3. The van der Waals surface area contributed by atoms with E-state index in [2.05, 4.69) is 9.98 Å². The number of hydrogen-bond donors (Lipinski definition) is 2. The van der Waals surface area contributed by atoms with Crippen LogP contribution in [0.15, 0.2) is 69.2 Å². The van der Waals surface area contributed by atoms with Gasteiger partial charge >= 0.3 is 0 Å². The first-order valence-corrected chi connectivity index (χ1v) is 10.4. The maximum absolute atomic E-state index is 13.1. The van der Waals surface area contributed by atoms with Crippen LogP contribution in [0, 0.1) is 11.7 Å². The second-order valence-corrected chi connectivity index (χ2v) is 7.56. The van der Waals surface area contributed by atoms with E-state index in [9.17, 15) is 14.7 Å². The minimum atomic E-state index is -0.635. The Kier molecular flexibility index (Phi) is 5.84. The lowest BCUT2D eigenvalue weighted by Crippen LogP contribution is -2.19. The lowest BCUT2D eigenvalue weighted by Gasteiger charge is -2.14. The zero-order chi connectivity index (χ0) is 23.7. The van der Waals surface area contributed by atoms with E-state index in [1.54, 1.807) is 42.9 Å². The number of nitrogens with one attached hydrogen (secondary N) is 1. The number of rotatable bonds is 5. The fraction of sp³-hybridized carbons (Fsp3) is 0.130. The van der Waals surface area contributed by atoms with Gasteiger partial charge in [0.1, 0.15) is 11.3 Å². The molecule has 168 valence electrons. The van der Waals surface area contributed by atoms with Crippen LogP contribution >= 0.6 is 12.2 Å². The van der Waals surface area contributed by atoms with Gasteiger partial charge in [0.05, 0.1) is 24.2 Å². The molecule has 0 aliphatic rings. The number of aliphatic imine (C=N–C) groups is 1. The molecule has 9 nitrogen and oxygen atoms in total. The average Bonchev–Trinajstić information content (AvgIpc) is 3.02. The summed E-state index contributed by atoms with van der Waals surface area (Å²) in [5.74, 6) is 0.0254. The first-order valence-electron chi connectivity index (χ1n) is 9.95. The van der Waals surface area contributed by atoms with E-state index < -0.39 is 11.4 Å². The van der Waals surface area contributed by atoms with E-state index in [0.717, 1.165) is 6.21 Å². The molecule has 0 spiro atoms. The van der Waals surface area contributed by atoms with Crippen molar-refractivity contribution in [2.24, 2.45) is 12.0 Å². The zero-order valence-electron chi connectivity index (χ0n) is 18.1. The molecule has 0 saturated heterocycles. The van der Waals surface area contributed by atoms with Gasteiger partial charge in [-0.15, -0.1) is 0 Å². The van der Waals surface area contributed by atoms with Crippen LogP contribution in [0.2, 0.25) is 0 Å². The summed E-state index contributed by atoms with van der Waals surface area (Å²) >= 11 is 5.26. The lowest BCUT2D eigenvalue weighted by atomic mass is 10.2. The van der Waals surface area contributed by atoms with Gasteiger partial charge in [0, 0.05) is 13.3 Å². The van der Waals surface area contributed by atoms with Gasteiger partial charge in [-0.25, -0.2) is 9.67 Å². The van der Waals surface area contributed by atoms with Gasteiger partial charge in [-0.05, 0) is 43.4 Å². The summed E-state index contributed by atoms with van der Waals surface area (Å²) in [4.78, 5) is 32.5. The minimum absolute atomic E-state index is 0.0125. The number of aromatic amines is 1. The van der Waals surface area contributed by atoms with E-state index in [0.29, 0.717) is 22.8 Å². The Labute approximate surface area is 193 Å². The molecule has 2 aromatic heterocycles. The molecule has 4 rings (SSSR count). The summed E-state index contributed by atoms with van der Waals surface area (Å²) in [6.07, 6.45) is 1.16. The lowest BCUT2D eigenvalue weighted by molar-refractivity contribution is 0.402. The molecule has 10 heteroatoms. The van der Waals surface area contributed by atoms with E-state index in [-0.39, 0.29) is 21.6 Å². The molecule has 0 radical (unpaired) electrons. The predicted molar refractivity (Wildman–Crippen MR) is 128 cm³/mol. The fourth-order valence-corrected chi connectivity index (χ4v) is 3.80. The average molecular weight is 464 g/mol. The molecular formula is C23H21N5O4S. The highest BCUT2D eigenvalue weighted by Gasteiger charge is 2.18. The highest BCUT2D eigenvalue weighted by molar-refractivity contribution is 7.71. The van der Waals surface area contributed by atoms with Crippen molar-refractivity contribution >= 4 is 24.1 Å². The molecule has 33 heavy (non-hydrogen) atoms. The second kappa shape index (κ2) is 8.75. The number of H-pyrrole nitrogens is 1. The summed E-state index contributed by atoms with van der Waals surface area (Å²) in [5, 5.41) is 10.9. The van der Waals surface area contributed by atoms with Crippen molar-refractivity contribution in [2.45, 2.75) is 6.92 Å². The minimum Gasteiger partial charge on any atom is -0.495 e. The predicted octanol–water partition coefficient (Wildman–Crippen LogP) is 3.16. The van der Waals surface area contributed by atoms with Gasteiger partial charge in [-0.2, -0.15) is 0 Å². The van der Waals surface area contributed by atoms with Crippen LogP contribution in [0.4, 0.5) is 5.69 Å². The quantitative estimate of drug-likeness (QED) is 0.349. The zero-order valence-corrected chi connectivity index (χ0v) is 19.0. The van der Waals surface area contributed by atoms with Gasteiger partial charge in [0.2, 0.25) is 5.88 Å². The van der Waals surface area contributed by atoms with Crippen molar-refractivity contribution in [2.75, 3.05) is 7.11 Å². The van der Waals surface area contributed by atoms with Crippen molar-refractivity contribution < 1.29 is 9.84 Å². The highest BCUT2D eigenvalue weighted by Crippen LogP contribution is 2.27. The Hall–Kier alpha value is -4.18. The van der Waals surface area contributed by atoms with E-state index in [1.165, 1.54) is 16.4 Å².